The maximum absolute atomic E-state index is 12.9. The zero-order valence-corrected chi connectivity index (χ0v) is 10.4. The molecule has 0 atom stereocenters. The summed E-state index contributed by atoms with van der Waals surface area (Å²) in [7, 11) is 0. The van der Waals surface area contributed by atoms with E-state index in [1.807, 2.05) is 0 Å². The summed E-state index contributed by atoms with van der Waals surface area (Å²) >= 11 is 0. The molecular formula is C13H16FN3O2. The van der Waals surface area contributed by atoms with E-state index in [-0.39, 0.29) is 23.4 Å². The Hall–Kier alpha value is -2.11. The molecule has 0 heterocycles. The summed E-state index contributed by atoms with van der Waals surface area (Å²) in [5.74, 6) is -0.687. The number of hydrogen-bond donors (Lipinski definition) is 3. The zero-order chi connectivity index (χ0) is 13.8. The van der Waals surface area contributed by atoms with E-state index >= 15 is 0 Å². The Morgan fingerprint density at radius 2 is 1.95 bits per heavy atom. The Bertz CT molecular complexity index is 501. The summed E-state index contributed by atoms with van der Waals surface area (Å²) in [6.45, 7) is 0.715. The maximum Gasteiger partial charge on any atom is 0.251 e. The van der Waals surface area contributed by atoms with Crippen molar-refractivity contribution in [3.63, 3.8) is 0 Å². The predicted molar refractivity (Wildman–Crippen MR) is 68.9 cm³/mol. The minimum Gasteiger partial charge on any atom is -0.396 e. The van der Waals surface area contributed by atoms with Gasteiger partial charge < -0.3 is 16.4 Å². The molecule has 0 aliphatic heterocycles. The molecule has 6 heteroatoms. The van der Waals surface area contributed by atoms with Crippen molar-refractivity contribution in [1.29, 1.82) is 0 Å². The molecule has 0 radical (unpaired) electrons. The lowest BCUT2D eigenvalue weighted by Gasteiger charge is -2.07. The molecule has 4 N–H and O–H groups in total. The second kappa shape index (κ2) is 5.69. The normalized spacial score (nSPS) is 13.9. The molecule has 5 nitrogen and oxygen atoms in total. The molecule has 1 aromatic carbocycles. The number of benzene rings is 1. The van der Waals surface area contributed by atoms with E-state index in [0.29, 0.717) is 18.7 Å². The van der Waals surface area contributed by atoms with Gasteiger partial charge in [0, 0.05) is 24.6 Å². The first kappa shape index (κ1) is 13.3. The van der Waals surface area contributed by atoms with Crippen LogP contribution in [0.1, 0.15) is 23.2 Å². The van der Waals surface area contributed by atoms with E-state index in [1.165, 1.54) is 12.1 Å². The second-order valence-electron chi connectivity index (χ2n) is 4.56. The van der Waals surface area contributed by atoms with Crippen LogP contribution in [0, 0.1) is 11.7 Å². The number of halogens is 1. The third-order valence-corrected chi connectivity index (χ3v) is 2.92. The first-order valence-corrected chi connectivity index (χ1v) is 6.19. The number of nitrogens with two attached hydrogens (primary N) is 1. The molecule has 1 aromatic rings. The Morgan fingerprint density at radius 3 is 2.58 bits per heavy atom. The number of anilines is 1. The Kier molecular flexibility index (Phi) is 3.99. The maximum atomic E-state index is 12.9. The van der Waals surface area contributed by atoms with Gasteiger partial charge in [-0.2, -0.15) is 0 Å². The summed E-state index contributed by atoms with van der Waals surface area (Å²) in [6.07, 6.45) is 1.90. The molecule has 0 saturated heterocycles. The van der Waals surface area contributed by atoms with Gasteiger partial charge in [-0.3, -0.25) is 9.59 Å². The Labute approximate surface area is 110 Å². The topological polar surface area (TPSA) is 84.2 Å². The van der Waals surface area contributed by atoms with Crippen molar-refractivity contribution in [1.82, 2.24) is 10.6 Å². The molecule has 2 amide bonds. The highest BCUT2D eigenvalue weighted by Crippen LogP contribution is 2.28. The number of carbonyl (C=O) groups excluding carboxylic acids is 2. The third kappa shape index (κ3) is 3.67. The number of hydrogen-bond acceptors (Lipinski definition) is 3. The van der Waals surface area contributed by atoms with Gasteiger partial charge in [0.25, 0.3) is 5.91 Å². The Morgan fingerprint density at radius 1 is 1.26 bits per heavy atom. The van der Waals surface area contributed by atoms with E-state index in [2.05, 4.69) is 10.6 Å². The number of amides is 2. The van der Waals surface area contributed by atoms with Crippen LogP contribution in [-0.2, 0) is 4.79 Å². The van der Waals surface area contributed by atoms with Crippen LogP contribution >= 0.6 is 0 Å². The lowest BCUT2D eigenvalue weighted by Crippen LogP contribution is -2.35. The number of rotatable bonds is 5. The standard InChI is InChI=1S/C13H16FN3O2/c14-10-4-3-9(7-11(10)15)13(19)17-6-5-16-12(18)8-1-2-8/h3-4,7-8H,1-2,5-6,15H2,(H,16,18)(H,17,19). The van der Waals surface area contributed by atoms with Crippen molar-refractivity contribution in [3.05, 3.63) is 29.6 Å². The highest BCUT2D eigenvalue weighted by Gasteiger charge is 2.28. The van der Waals surface area contributed by atoms with Gasteiger partial charge in [0.15, 0.2) is 0 Å². The number of nitrogens with one attached hydrogen (secondary N) is 2. The van der Waals surface area contributed by atoms with Crippen LogP contribution in [0.4, 0.5) is 10.1 Å². The SMILES string of the molecule is Nc1cc(C(=O)NCCNC(=O)C2CC2)ccc1F. The molecule has 102 valence electrons. The van der Waals surface area contributed by atoms with Gasteiger partial charge in [0.05, 0.1) is 5.69 Å². The van der Waals surface area contributed by atoms with Gasteiger partial charge in [-0.15, -0.1) is 0 Å². The molecule has 1 fully saturated rings. The fourth-order valence-electron chi connectivity index (χ4n) is 1.64. The monoisotopic (exact) mass is 265 g/mol. The lowest BCUT2D eigenvalue weighted by atomic mass is 10.2. The van der Waals surface area contributed by atoms with Gasteiger partial charge in [0.2, 0.25) is 5.91 Å². The van der Waals surface area contributed by atoms with Crippen LogP contribution in [-0.4, -0.2) is 24.9 Å². The molecule has 19 heavy (non-hydrogen) atoms. The molecular weight excluding hydrogens is 249 g/mol. The van der Waals surface area contributed by atoms with Crippen molar-refractivity contribution in [2.75, 3.05) is 18.8 Å². The van der Waals surface area contributed by atoms with Gasteiger partial charge >= 0.3 is 0 Å². The minimum absolute atomic E-state index is 0.0419. The zero-order valence-electron chi connectivity index (χ0n) is 10.4. The second-order valence-corrected chi connectivity index (χ2v) is 4.56. The lowest BCUT2D eigenvalue weighted by molar-refractivity contribution is -0.122. The molecule has 1 saturated carbocycles. The molecule has 1 aliphatic rings. The number of carbonyl (C=O) groups is 2. The quantitative estimate of drug-likeness (QED) is 0.540. The van der Waals surface area contributed by atoms with Crippen molar-refractivity contribution in [2.45, 2.75) is 12.8 Å². The minimum atomic E-state index is -0.548. The van der Waals surface area contributed by atoms with E-state index < -0.39 is 5.82 Å². The molecule has 0 aromatic heterocycles. The summed E-state index contributed by atoms with van der Waals surface area (Å²) in [5.41, 5.74) is 5.62. The van der Waals surface area contributed by atoms with E-state index in [9.17, 15) is 14.0 Å². The van der Waals surface area contributed by atoms with E-state index in [4.69, 9.17) is 5.73 Å². The fraction of sp³-hybridized carbons (Fsp3) is 0.385. The first-order valence-electron chi connectivity index (χ1n) is 6.19. The van der Waals surface area contributed by atoms with Crippen LogP contribution in [0.5, 0.6) is 0 Å². The average Bonchev–Trinajstić information content (AvgIpc) is 3.21. The molecule has 0 spiro atoms. The molecule has 2 rings (SSSR count). The van der Waals surface area contributed by atoms with Crippen molar-refractivity contribution in [2.24, 2.45) is 5.92 Å². The van der Waals surface area contributed by atoms with Gasteiger partial charge in [-0.05, 0) is 31.0 Å². The first-order chi connectivity index (χ1) is 9.08. The van der Waals surface area contributed by atoms with Crippen LogP contribution in [0.15, 0.2) is 18.2 Å². The molecule has 1 aliphatic carbocycles. The van der Waals surface area contributed by atoms with Crippen molar-refractivity contribution >= 4 is 17.5 Å². The summed E-state index contributed by atoms with van der Waals surface area (Å²) in [4.78, 5) is 23.0. The molecule has 0 bridgehead atoms. The van der Waals surface area contributed by atoms with Crippen molar-refractivity contribution in [3.8, 4) is 0 Å². The van der Waals surface area contributed by atoms with Gasteiger partial charge in [0.1, 0.15) is 5.82 Å². The number of nitrogen functional groups attached to an aromatic ring is 1. The van der Waals surface area contributed by atoms with Crippen LogP contribution < -0.4 is 16.4 Å². The van der Waals surface area contributed by atoms with Gasteiger partial charge in [-0.25, -0.2) is 4.39 Å². The van der Waals surface area contributed by atoms with Crippen LogP contribution in [0.25, 0.3) is 0 Å². The predicted octanol–water partition coefficient (Wildman–Crippen LogP) is 0.664. The molecule has 0 unspecified atom stereocenters. The van der Waals surface area contributed by atoms with Crippen molar-refractivity contribution < 1.29 is 14.0 Å². The smallest absolute Gasteiger partial charge is 0.251 e. The average molecular weight is 265 g/mol. The fourth-order valence-corrected chi connectivity index (χ4v) is 1.64. The van der Waals surface area contributed by atoms with E-state index in [0.717, 1.165) is 18.9 Å². The summed E-state index contributed by atoms with van der Waals surface area (Å²) in [5, 5.41) is 5.36. The largest absolute Gasteiger partial charge is 0.396 e. The summed E-state index contributed by atoms with van der Waals surface area (Å²) < 4.78 is 12.9. The van der Waals surface area contributed by atoms with E-state index in [1.54, 1.807) is 0 Å². The van der Waals surface area contributed by atoms with Crippen LogP contribution in [0.2, 0.25) is 0 Å². The van der Waals surface area contributed by atoms with Crippen LogP contribution in [0.3, 0.4) is 0 Å². The summed E-state index contributed by atoms with van der Waals surface area (Å²) in [6, 6.07) is 3.80. The third-order valence-electron chi connectivity index (χ3n) is 2.92. The Balaban J connectivity index is 1.74. The highest BCUT2D eigenvalue weighted by molar-refractivity contribution is 5.95. The van der Waals surface area contributed by atoms with Gasteiger partial charge in [-0.1, -0.05) is 0 Å². The highest BCUT2D eigenvalue weighted by atomic mass is 19.1.